The Kier molecular flexibility index (Phi) is 5.96. The molecule has 0 saturated carbocycles. The maximum Gasteiger partial charge on any atom is 0.253 e. The number of nitrogens with zero attached hydrogens (tertiary/aromatic N) is 1. The van der Waals surface area contributed by atoms with Crippen LogP contribution >= 0.6 is 0 Å². The predicted molar refractivity (Wildman–Crippen MR) is 98.4 cm³/mol. The summed E-state index contributed by atoms with van der Waals surface area (Å²) in [5.74, 6) is -0.123. The van der Waals surface area contributed by atoms with E-state index in [0.29, 0.717) is 38.2 Å². The van der Waals surface area contributed by atoms with Gasteiger partial charge in [-0.15, -0.1) is 0 Å². The van der Waals surface area contributed by atoms with Gasteiger partial charge in [0.05, 0.1) is 10.5 Å². The van der Waals surface area contributed by atoms with Crippen LogP contribution in [0.15, 0.2) is 29.2 Å². The molecule has 0 aliphatic carbocycles. The minimum Gasteiger partial charge on any atom is -0.387 e. The van der Waals surface area contributed by atoms with Crippen LogP contribution in [0.5, 0.6) is 0 Å². The molecule has 26 heavy (non-hydrogen) atoms. The monoisotopic (exact) mass is 381 g/mol. The van der Waals surface area contributed by atoms with Gasteiger partial charge >= 0.3 is 0 Å². The fourth-order valence-electron chi connectivity index (χ4n) is 3.45. The van der Waals surface area contributed by atoms with E-state index in [2.05, 4.69) is 10.0 Å². The van der Waals surface area contributed by atoms with Crippen molar-refractivity contribution in [3.63, 3.8) is 0 Å². The van der Waals surface area contributed by atoms with E-state index in [0.717, 1.165) is 25.7 Å². The summed E-state index contributed by atoms with van der Waals surface area (Å²) in [7, 11) is -3.79. The second-order valence-electron chi connectivity index (χ2n) is 7.21. The van der Waals surface area contributed by atoms with E-state index >= 15 is 0 Å². The number of β-amino-alcohol motifs (C(OH)–C–C–N with tert-alkyl or cyclic N) is 1. The Labute approximate surface area is 154 Å². The van der Waals surface area contributed by atoms with Crippen LogP contribution in [0, 0.1) is 0 Å². The Hall–Kier alpha value is -1.48. The highest BCUT2D eigenvalue weighted by Crippen LogP contribution is 2.18. The van der Waals surface area contributed by atoms with E-state index in [-0.39, 0.29) is 17.3 Å². The molecule has 1 amide bonds. The van der Waals surface area contributed by atoms with Gasteiger partial charge in [0.2, 0.25) is 10.0 Å². The number of nitrogens with one attached hydrogen (secondary N) is 2. The van der Waals surface area contributed by atoms with Gasteiger partial charge in [0.15, 0.2) is 0 Å². The van der Waals surface area contributed by atoms with Crippen LogP contribution in [0.2, 0.25) is 0 Å². The van der Waals surface area contributed by atoms with E-state index in [1.54, 1.807) is 17.0 Å². The summed E-state index contributed by atoms with van der Waals surface area (Å²) in [5.41, 5.74) is -0.678. The summed E-state index contributed by atoms with van der Waals surface area (Å²) in [4.78, 5) is 14.6. The largest absolute Gasteiger partial charge is 0.387 e. The van der Waals surface area contributed by atoms with Crippen LogP contribution in [0.25, 0.3) is 0 Å². The van der Waals surface area contributed by atoms with E-state index in [1.165, 1.54) is 12.1 Å². The lowest BCUT2D eigenvalue weighted by molar-refractivity contribution is 0.0667. The molecular weight excluding hydrogens is 354 g/mol. The van der Waals surface area contributed by atoms with Gasteiger partial charge in [0.25, 0.3) is 5.91 Å². The fourth-order valence-corrected chi connectivity index (χ4v) is 4.61. The summed E-state index contributed by atoms with van der Waals surface area (Å²) in [6.45, 7) is 2.41. The number of aliphatic hydroxyl groups is 1. The Balaban J connectivity index is 1.72. The third-order valence-corrected chi connectivity index (χ3v) is 6.50. The molecule has 3 rings (SSSR count). The molecule has 144 valence electrons. The number of rotatable bonds is 5. The van der Waals surface area contributed by atoms with Gasteiger partial charge in [-0.1, -0.05) is 18.9 Å². The van der Waals surface area contributed by atoms with Gasteiger partial charge in [-0.25, -0.2) is 13.1 Å². The van der Waals surface area contributed by atoms with Gasteiger partial charge < -0.3 is 15.3 Å². The highest BCUT2D eigenvalue weighted by atomic mass is 32.2. The molecule has 2 aliphatic rings. The van der Waals surface area contributed by atoms with E-state index in [4.69, 9.17) is 0 Å². The van der Waals surface area contributed by atoms with Crippen LogP contribution in [0.4, 0.5) is 0 Å². The van der Waals surface area contributed by atoms with Crippen molar-refractivity contribution in [3.05, 3.63) is 29.8 Å². The number of benzene rings is 1. The van der Waals surface area contributed by atoms with E-state index < -0.39 is 15.6 Å². The van der Waals surface area contributed by atoms with Crippen molar-refractivity contribution >= 4 is 15.9 Å². The summed E-state index contributed by atoms with van der Waals surface area (Å²) in [6.07, 6.45) is 4.72. The summed E-state index contributed by atoms with van der Waals surface area (Å²) in [5, 5.41) is 13.3. The van der Waals surface area contributed by atoms with Crippen molar-refractivity contribution in [2.45, 2.75) is 42.6 Å². The van der Waals surface area contributed by atoms with Crippen molar-refractivity contribution in [1.82, 2.24) is 14.9 Å². The van der Waals surface area contributed by atoms with Crippen molar-refractivity contribution in [1.29, 1.82) is 0 Å². The van der Waals surface area contributed by atoms with Gasteiger partial charge in [-0.05, 0) is 44.0 Å². The standard InChI is InChI=1S/C18H27N3O4S/c22-17(21-10-3-1-2-4-11-21)15-6-5-7-16(12-15)26(24,25)20-14-18(23)8-9-19-13-18/h5-7,12,19-20,23H,1-4,8-11,13-14H2/t18-/m0/s1. The molecule has 2 fully saturated rings. The Morgan fingerprint density at radius 2 is 1.96 bits per heavy atom. The highest BCUT2D eigenvalue weighted by Gasteiger charge is 2.32. The zero-order chi connectivity index (χ0) is 18.6. The first-order chi connectivity index (χ1) is 12.4. The molecule has 1 aromatic carbocycles. The molecule has 0 spiro atoms. The zero-order valence-corrected chi connectivity index (χ0v) is 15.7. The third-order valence-electron chi connectivity index (χ3n) is 5.10. The van der Waals surface area contributed by atoms with Crippen LogP contribution in [-0.2, 0) is 10.0 Å². The summed E-state index contributed by atoms with van der Waals surface area (Å²) < 4.78 is 27.6. The number of likely N-dealkylation sites (tertiary alicyclic amines) is 1. The van der Waals surface area contributed by atoms with Crippen molar-refractivity contribution < 1.29 is 18.3 Å². The fraction of sp³-hybridized carbons (Fsp3) is 0.611. The average Bonchev–Trinajstić information content (AvgIpc) is 2.90. The number of sulfonamides is 1. The number of carbonyl (C=O) groups excluding carboxylic acids is 1. The lowest BCUT2D eigenvalue weighted by atomic mass is 10.1. The topological polar surface area (TPSA) is 98.7 Å². The first-order valence-electron chi connectivity index (χ1n) is 9.22. The van der Waals surface area contributed by atoms with Gasteiger partial charge in [0.1, 0.15) is 0 Å². The molecule has 2 aliphatic heterocycles. The zero-order valence-electron chi connectivity index (χ0n) is 14.9. The smallest absolute Gasteiger partial charge is 0.253 e. The van der Waals surface area contributed by atoms with Gasteiger partial charge in [-0.3, -0.25) is 4.79 Å². The lowest BCUT2D eigenvalue weighted by Gasteiger charge is -2.22. The Morgan fingerprint density at radius 1 is 1.23 bits per heavy atom. The number of amides is 1. The van der Waals surface area contributed by atoms with Crippen molar-refractivity contribution in [3.8, 4) is 0 Å². The lowest BCUT2D eigenvalue weighted by Crippen LogP contribution is -2.44. The van der Waals surface area contributed by atoms with Crippen LogP contribution < -0.4 is 10.0 Å². The quantitative estimate of drug-likeness (QED) is 0.698. The second-order valence-corrected chi connectivity index (χ2v) is 8.98. The normalized spacial score (nSPS) is 24.4. The third kappa shape index (κ3) is 4.62. The Bertz CT molecular complexity index is 737. The van der Waals surface area contributed by atoms with E-state index in [1.807, 2.05) is 0 Å². The van der Waals surface area contributed by atoms with Crippen molar-refractivity contribution in [2.24, 2.45) is 0 Å². The van der Waals surface area contributed by atoms with Crippen LogP contribution in [0.3, 0.4) is 0 Å². The maximum atomic E-state index is 12.7. The van der Waals surface area contributed by atoms with Gasteiger partial charge in [0, 0.05) is 31.7 Å². The molecule has 7 nitrogen and oxygen atoms in total. The molecule has 0 aromatic heterocycles. The molecule has 1 aromatic rings. The van der Waals surface area contributed by atoms with Crippen molar-refractivity contribution in [2.75, 3.05) is 32.7 Å². The number of hydrogen-bond donors (Lipinski definition) is 3. The second kappa shape index (κ2) is 8.04. The summed E-state index contributed by atoms with van der Waals surface area (Å²) in [6, 6.07) is 6.14. The maximum absolute atomic E-state index is 12.7. The van der Waals surface area contributed by atoms with Crippen LogP contribution in [-0.4, -0.2) is 62.7 Å². The first kappa shape index (κ1) is 19.3. The Morgan fingerprint density at radius 3 is 2.62 bits per heavy atom. The average molecular weight is 381 g/mol. The molecule has 1 atom stereocenters. The SMILES string of the molecule is O=C(c1cccc(S(=O)(=O)NC[C@]2(O)CCNC2)c1)N1CCCCCC1. The molecular formula is C18H27N3O4S. The minimum atomic E-state index is -3.79. The molecule has 3 N–H and O–H groups in total. The van der Waals surface area contributed by atoms with Gasteiger partial charge in [-0.2, -0.15) is 0 Å². The molecule has 0 radical (unpaired) electrons. The minimum absolute atomic E-state index is 0.0488. The summed E-state index contributed by atoms with van der Waals surface area (Å²) >= 11 is 0. The van der Waals surface area contributed by atoms with E-state index in [9.17, 15) is 18.3 Å². The number of hydrogen-bond acceptors (Lipinski definition) is 5. The molecule has 0 bridgehead atoms. The molecule has 2 saturated heterocycles. The first-order valence-corrected chi connectivity index (χ1v) is 10.7. The molecule has 2 heterocycles. The molecule has 8 heteroatoms. The molecule has 0 unspecified atom stereocenters. The van der Waals surface area contributed by atoms with Crippen LogP contribution in [0.1, 0.15) is 42.5 Å². The predicted octanol–water partition coefficient (Wildman–Crippen LogP) is 0.706. The highest BCUT2D eigenvalue weighted by molar-refractivity contribution is 7.89. The number of carbonyl (C=O) groups is 1.